The van der Waals surface area contributed by atoms with E-state index in [0.29, 0.717) is 21.2 Å². The van der Waals surface area contributed by atoms with Gasteiger partial charge in [-0.15, -0.1) is 0 Å². The Hall–Kier alpha value is -0.650. The van der Waals surface area contributed by atoms with Gasteiger partial charge in [-0.2, -0.15) is 0 Å². The lowest BCUT2D eigenvalue weighted by molar-refractivity contribution is -0.121. The number of rotatable bonds is 3. The number of carbonyl (C=O) groups excluding carboxylic acids is 1. The van der Waals surface area contributed by atoms with E-state index in [0.717, 1.165) is 32.2 Å². The number of anilines is 1. The van der Waals surface area contributed by atoms with Gasteiger partial charge in [-0.3, -0.25) is 4.79 Å². The minimum Gasteiger partial charge on any atom is -0.330 e. The Morgan fingerprint density at radius 1 is 1.47 bits per heavy atom. The van der Waals surface area contributed by atoms with Crippen LogP contribution < -0.4 is 11.1 Å². The van der Waals surface area contributed by atoms with Crippen molar-refractivity contribution in [2.45, 2.75) is 25.7 Å². The molecule has 0 saturated heterocycles. The second-order valence-electron chi connectivity index (χ2n) is 4.94. The quantitative estimate of drug-likeness (QED) is 0.826. The highest BCUT2D eigenvalue weighted by Gasteiger charge is 2.25. The summed E-state index contributed by atoms with van der Waals surface area (Å²) >= 11 is 9.10. The van der Waals surface area contributed by atoms with E-state index >= 15 is 0 Å². The summed E-state index contributed by atoms with van der Waals surface area (Å²) < 4.78 is 0.679. The van der Waals surface area contributed by atoms with Crippen molar-refractivity contribution in [2.75, 3.05) is 11.9 Å². The minimum absolute atomic E-state index is 0.0616. The number of carbonyl (C=O) groups is 1. The molecule has 6 heteroatoms. The van der Waals surface area contributed by atoms with Gasteiger partial charge < -0.3 is 11.1 Å². The molecule has 1 aliphatic carbocycles. The van der Waals surface area contributed by atoms with Gasteiger partial charge >= 0.3 is 0 Å². The van der Waals surface area contributed by atoms with Crippen LogP contribution >= 0.6 is 27.5 Å². The summed E-state index contributed by atoms with van der Waals surface area (Å²) in [7, 11) is 0. The third kappa shape index (κ3) is 3.91. The van der Waals surface area contributed by atoms with Crippen LogP contribution in [0, 0.1) is 11.8 Å². The first-order valence-corrected chi connectivity index (χ1v) is 7.59. The number of pyridine rings is 1. The van der Waals surface area contributed by atoms with Gasteiger partial charge in [-0.25, -0.2) is 4.98 Å². The molecule has 0 unspecified atom stereocenters. The average molecular weight is 347 g/mol. The summed E-state index contributed by atoms with van der Waals surface area (Å²) in [4.78, 5) is 16.1. The number of halogens is 2. The molecule has 1 fully saturated rings. The number of nitrogens with one attached hydrogen (secondary N) is 1. The summed E-state index contributed by atoms with van der Waals surface area (Å²) in [6.07, 6.45) is 5.47. The lowest BCUT2D eigenvalue weighted by atomic mass is 9.81. The molecule has 0 aromatic carbocycles. The third-order valence-electron chi connectivity index (χ3n) is 3.61. The fourth-order valence-corrected chi connectivity index (χ4v) is 2.85. The molecule has 0 radical (unpaired) electrons. The number of nitrogens with two attached hydrogens (primary N) is 1. The predicted octanol–water partition coefficient (Wildman–Crippen LogP) is 3.20. The first-order valence-electron chi connectivity index (χ1n) is 6.42. The van der Waals surface area contributed by atoms with Crippen LogP contribution in [0.1, 0.15) is 25.7 Å². The summed E-state index contributed by atoms with van der Waals surface area (Å²) in [5.41, 5.74) is 6.32. The van der Waals surface area contributed by atoms with E-state index in [-0.39, 0.29) is 11.8 Å². The van der Waals surface area contributed by atoms with Crippen LogP contribution in [0.2, 0.25) is 5.15 Å². The monoisotopic (exact) mass is 345 g/mol. The van der Waals surface area contributed by atoms with Gasteiger partial charge in [-0.05, 0) is 60.1 Å². The molecule has 4 nitrogen and oxygen atoms in total. The van der Waals surface area contributed by atoms with Crippen molar-refractivity contribution in [3.05, 3.63) is 21.9 Å². The first kappa shape index (κ1) is 14.8. The molecule has 0 aliphatic heterocycles. The molecule has 0 atom stereocenters. The van der Waals surface area contributed by atoms with Crippen LogP contribution in [0.25, 0.3) is 0 Å². The largest absolute Gasteiger partial charge is 0.330 e. The molecule has 1 aromatic rings. The maximum Gasteiger partial charge on any atom is 0.227 e. The number of nitrogens with zero attached hydrogens (tertiary/aromatic N) is 1. The van der Waals surface area contributed by atoms with E-state index in [2.05, 4.69) is 26.2 Å². The molecule has 3 N–H and O–H groups in total. The van der Waals surface area contributed by atoms with Gasteiger partial charge in [0, 0.05) is 5.92 Å². The Kier molecular flexibility index (Phi) is 5.19. The lowest BCUT2D eigenvalue weighted by Gasteiger charge is -2.26. The SMILES string of the molecule is NCC1CCC(C(=O)Nc2cnc(Cl)c(Br)c2)CC1. The lowest BCUT2D eigenvalue weighted by Crippen LogP contribution is -2.29. The average Bonchev–Trinajstić information content (AvgIpc) is 2.43. The molecule has 1 saturated carbocycles. The second-order valence-corrected chi connectivity index (χ2v) is 6.15. The van der Waals surface area contributed by atoms with Crippen molar-refractivity contribution >= 4 is 39.1 Å². The van der Waals surface area contributed by atoms with Gasteiger partial charge in [0.05, 0.1) is 16.4 Å². The Bertz CT molecular complexity index is 461. The molecule has 1 heterocycles. The summed E-state index contributed by atoms with van der Waals surface area (Å²) in [5.74, 6) is 0.721. The zero-order valence-corrected chi connectivity index (χ0v) is 12.9. The zero-order valence-electron chi connectivity index (χ0n) is 10.5. The first-order chi connectivity index (χ1) is 9.10. The third-order valence-corrected chi connectivity index (χ3v) is 4.75. The molecule has 0 bridgehead atoms. The Morgan fingerprint density at radius 3 is 2.74 bits per heavy atom. The van der Waals surface area contributed by atoms with Gasteiger partial charge in [-0.1, -0.05) is 11.6 Å². The van der Waals surface area contributed by atoms with Crippen molar-refractivity contribution in [1.29, 1.82) is 0 Å². The summed E-state index contributed by atoms with van der Waals surface area (Å²) in [6.45, 7) is 0.725. The van der Waals surface area contributed by atoms with Crippen molar-refractivity contribution in [1.82, 2.24) is 4.98 Å². The number of aromatic nitrogens is 1. The minimum atomic E-state index is 0.0616. The summed E-state index contributed by atoms with van der Waals surface area (Å²) in [6, 6.07) is 1.76. The van der Waals surface area contributed by atoms with Crippen molar-refractivity contribution in [2.24, 2.45) is 17.6 Å². The number of amides is 1. The van der Waals surface area contributed by atoms with E-state index in [9.17, 15) is 4.79 Å². The Labute approximate surface area is 126 Å². The highest BCUT2D eigenvalue weighted by molar-refractivity contribution is 9.10. The van der Waals surface area contributed by atoms with Crippen molar-refractivity contribution in [3.63, 3.8) is 0 Å². The molecule has 104 valence electrons. The molecule has 1 aromatic heterocycles. The van der Waals surface area contributed by atoms with Crippen LogP contribution in [0.15, 0.2) is 16.7 Å². The fraction of sp³-hybridized carbons (Fsp3) is 0.538. The maximum atomic E-state index is 12.1. The number of hydrogen-bond donors (Lipinski definition) is 2. The van der Waals surface area contributed by atoms with Gasteiger partial charge in [0.15, 0.2) is 0 Å². The van der Waals surface area contributed by atoms with Gasteiger partial charge in [0.2, 0.25) is 5.91 Å². The van der Waals surface area contributed by atoms with Crippen molar-refractivity contribution < 1.29 is 4.79 Å². The molecule has 1 aliphatic rings. The standard InChI is InChI=1S/C13H17BrClN3O/c14-11-5-10(7-17-12(11)15)18-13(19)9-3-1-8(6-16)2-4-9/h5,7-9H,1-4,6,16H2,(H,18,19). The van der Waals surface area contributed by atoms with E-state index in [1.54, 1.807) is 12.3 Å². The predicted molar refractivity (Wildman–Crippen MR) is 80.1 cm³/mol. The molecule has 19 heavy (non-hydrogen) atoms. The van der Waals surface area contributed by atoms with Crippen LogP contribution in [-0.2, 0) is 4.79 Å². The molecular weight excluding hydrogens is 330 g/mol. The summed E-state index contributed by atoms with van der Waals surface area (Å²) in [5, 5.41) is 3.28. The van der Waals surface area contributed by atoms with E-state index in [1.807, 2.05) is 0 Å². The van der Waals surface area contributed by atoms with Gasteiger partial charge in [0.1, 0.15) is 5.15 Å². The van der Waals surface area contributed by atoms with Gasteiger partial charge in [0.25, 0.3) is 0 Å². The normalized spacial score (nSPS) is 23.1. The number of hydrogen-bond acceptors (Lipinski definition) is 3. The van der Waals surface area contributed by atoms with Crippen molar-refractivity contribution in [3.8, 4) is 0 Å². The van der Waals surface area contributed by atoms with Crippen LogP contribution in [0.3, 0.4) is 0 Å². The van der Waals surface area contributed by atoms with E-state index in [1.165, 1.54) is 0 Å². The van der Waals surface area contributed by atoms with E-state index in [4.69, 9.17) is 17.3 Å². The Morgan fingerprint density at radius 2 is 2.16 bits per heavy atom. The highest BCUT2D eigenvalue weighted by atomic mass is 79.9. The molecular formula is C13H17BrClN3O. The van der Waals surface area contributed by atoms with Crippen LogP contribution in [0.4, 0.5) is 5.69 Å². The van der Waals surface area contributed by atoms with Crippen LogP contribution in [-0.4, -0.2) is 17.4 Å². The molecule has 1 amide bonds. The highest BCUT2D eigenvalue weighted by Crippen LogP contribution is 2.29. The van der Waals surface area contributed by atoms with Crippen LogP contribution in [0.5, 0.6) is 0 Å². The fourth-order valence-electron chi connectivity index (χ4n) is 2.39. The second kappa shape index (κ2) is 6.68. The molecule has 0 spiro atoms. The van der Waals surface area contributed by atoms with E-state index < -0.39 is 0 Å². The molecule has 2 rings (SSSR count). The smallest absolute Gasteiger partial charge is 0.227 e. The topological polar surface area (TPSA) is 68.0 Å². The Balaban J connectivity index is 1.92. The zero-order chi connectivity index (χ0) is 13.8. The maximum absolute atomic E-state index is 12.1.